The van der Waals surface area contributed by atoms with E-state index in [0.29, 0.717) is 6.42 Å². The molecule has 2 atom stereocenters. The van der Waals surface area contributed by atoms with Gasteiger partial charge in [-0.05, 0) is 46.0 Å². The Bertz CT molecular complexity index is 368. The number of carbonyl (C=O) groups excluding carboxylic acids is 1. The predicted molar refractivity (Wildman–Crippen MR) is 71.9 cm³/mol. The van der Waals surface area contributed by atoms with Crippen LogP contribution < -0.4 is 5.32 Å². The number of likely N-dealkylation sites (tertiary alicyclic amines) is 1. The van der Waals surface area contributed by atoms with Crippen LogP contribution in [0.4, 0.5) is 4.79 Å². The van der Waals surface area contributed by atoms with Crippen molar-refractivity contribution < 1.29 is 14.7 Å². The third-order valence-corrected chi connectivity index (χ3v) is 4.50. The molecule has 0 bridgehead atoms. The van der Waals surface area contributed by atoms with E-state index in [4.69, 9.17) is 5.11 Å². The largest absolute Gasteiger partial charge is 0.481 e. The summed E-state index contributed by atoms with van der Waals surface area (Å²) in [6, 6.07) is -0.0164. The Morgan fingerprint density at radius 1 is 1.26 bits per heavy atom. The molecule has 1 aliphatic heterocycles. The summed E-state index contributed by atoms with van der Waals surface area (Å²) in [5, 5.41) is 12.1. The van der Waals surface area contributed by atoms with Crippen LogP contribution in [0.25, 0.3) is 0 Å². The highest BCUT2D eigenvalue weighted by atomic mass is 16.4. The van der Waals surface area contributed by atoms with Crippen LogP contribution in [-0.2, 0) is 4.79 Å². The van der Waals surface area contributed by atoms with Crippen molar-refractivity contribution in [2.45, 2.75) is 64.0 Å². The first-order valence-electron chi connectivity index (χ1n) is 7.21. The van der Waals surface area contributed by atoms with Crippen LogP contribution in [0, 0.1) is 5.92 Å². The lowest BCUT2D eigenvalue weighted by molar-refractivity contribution is -0.143. The number of aliphatic carboxylic acids is 1. The van der Waals surface area contributed by atoms with Gasteiger partial charge in [0, 0.05) is 18.1 Å². The number of nitrogens with zero attached hydrogens (tertiary/aromatic N) is 1. The Balaban J connectivity index is 1.90. The van der Waals surface area contributed by atoms with E-state index in [0.717, 1.165) is 38.6 Å². The van der Waals surface area contributed by atoms with Crippen molar-refractivity contribution in [3.05, 3.63) is 0 Å². The Hall–Kier alpha value is -1.26. The van der Waals surface area contributed by atoms with Gasteiger partial charge in [-0.15, -0.1) is 0 Å². The van der Waals surface area contributed by atoms with Gasteiger partial charge in [-0.25, -0.2) is 4.79 Å². The van der Waals surface area contributed by atoms with E-state index in [-0.39, 0.29) is 23.5 Å². The van der Waals surface area contributed by atoms with E-state index in [1.807, 2.05) is 4.90 Å². The van der Waals surface area contributed by atoms with Gasteiger partial charge in [-0.3, -0.25) is 4.79 Å². The number of carboxylic acids is 1. The molecule has 5 nitrogen and oxygen atoms in total. The Labute approximate surface area is 114 Å². The third-order valence-electron chi connectivity index (χ3n) is 4.50. The van der Waals surface area contributed by atoms with Crippen molar-refractivity contribution >= 4 is 12.0 Å². The summed E-state index contributed by atoms with van der Waals surface area (Å²) in [6.45, 7) is 4.97. The fraction of sp³-hybridized carbons (Fsp3) is 0.857. The number of hydrogen-bond donors (Lipinski definition) is 2. The van der Waals surface area contributed by atoms with Crippen LogP contribution in [0.3, 0.4) is 0 Å². The highest BCUT2D eigenvalue weighted by Gasteiger charge is 2.37. The van der Waals surface area contributed by atoms with Crippen LogP contribution >= 0.6 is 0 Å². The summed E-state index contributed by atoms with van der Waals surface area (Å²) in [6.07, 6.45) is 5.15. The molecule has 2 amide bonds. The van der Waals surface area contributed by atoms with E-state index in [9.17, 15) is 9.59 Å². The molecule has 2 unspecified atom stereocenters. The first kappa shape index (κ1) is 14.2. The lowest BCUT2D eigenvalue weighted by Gasteiger charge is -2.35. The predicted octanol–water partition coefficient (Wildman–Crippen LogP) is 2.21. The lowest BCUT2D eigenvalue weighted by atomic mass is 9.86. The van der Waals surface area contributed by atoms with E-state index in [2.05, 4.69) is 19.2 Å². The van der Waals surface area contributed by atoms with Crippen LogP contribution in [0.15, 0.2) is 0 Å². The summed E-state index contributed by atoms with van der Waals surface area (Å²) in [7, 11) is 0. The van der Waals surface area contributed by atoms with Crippen LogP contribution in [0.2, 0.25) is 0 Å². The van der Waals surface area contributed by atoms with Crippen LogP contribution in [0.1, 0.15) is 52.4 Å². The smallest absolute Gasteiger partial charge is 0.318 e. The van der Waals surface area contributed by atoms with E-state index < -0.39 is 5.97 Å². The van der Waals surface area contributed by atoms with Crippen LogP contribution in [0.5, 0.6) is 0 Å². The molecule has 0 spiro atoms. The van der Waals surface area contributed by atoms with Gasteiger partial charge in [0.05, 0.1) is 5.92 Å². The summed E-state index contributed by atoms with van der Waals surface area (Å²) in [5.74, 6) is -1.04. The number of urea groups is 1. The molecule has 5 heteroatoms. The average molecular weight is 268 g/mol. The molecule has 1 saturated heterocycles. The van der Waals surface area contributed by atoms with Gasteiger partial charge < -0.3 is 15.3 Å². The van der Waals surface area contributed by atoms with Crippen LogP contribution in [-0.4, -0.2) is 40.1 Å². The standard InChI is InChI=1S/C14H24N2O3/c1-14(2)7-4-8-16(14)13(19)15-11-6-3-5-10(9-11)12(17)18/h10-11H,3-9H2,1-2H3,(H,15,19)(H,17,18). The van der Waals surface area contributed by atoms with Crippen molar-refractivity contribution in [2.24, 2.45) is 5.92 Å². The highest BCUT2D eigenvalue weighted by Crippen LogP contribution is 2.29. The van der Waals surface area contributed by atoms with Gasteiger partial charge in [0.2, 0.25) is 0 Å². The van der Waals surface area contributed by atoms with Gasteiger partial charge in [-0.2, -0.15) is 0 Å². The molecule has 2 N–H and O–H groups in total. The van der Waals surface area contributed by atoms with Crippen molar-refractivity contribution in [1.29, 1.82) is 0 Å². The molecule has 0 radical (unpaired) electrons. The third kappa shape index (κ3) is 3.19. The van der Waals surface area contributed by atoms with Crippen molar-refractivity contribution in [3.63, 3.8) is 0 Å². The van der Waals surface area contributed by atoms with Crippen molar-refractivity contribution in [3.8, 4) is 0 Å². The van der Waals surface area contributed by atoms with E-state index in [1.165, 1.54) is 0 Å². The van der Waals surface area contributed by atoms with Crippen molar-refractivity contribution in [1.82, 2.24) is 10.2 Å². The fourth-order valence-electron chi connectivity index (χ4n) is 3.28. The average Bonchev–Trinajstić information content (AvgIpc) is 2.69. The number of carbonyl (C=O) groups is 2. The molecule has 2 rings (SSSR count). The molecular weight excluding hydrogens is 244 g/mol. The second kappa shape index (κ2) is 5.39. The number of rotatable bonds is 2. The minimum absolute atomic E-state index is 0.0127. The van der Waals surface area contributed by atoms with E-state index >= 15 is 0 Å². The monoisotopic (exact) mass is 268 g/mol. The number of amides is 2. The number of nitrogens with one attached hydrogen (secondary N) is 1. The molecule has 2 aliphatic rings. The number of hydrogen-bond acceptors (Lipinski definition) is 2. The quantitative estimate of drug-likeness (QED) is 0.806. The molecule has 0 aromatic carbocycles. The summed E-state index contributed by atoms with van der Waals surface area (Å²) >= 11 is 0. The normalized spacial score (nSPS) is 30.1. The molecule has 2 fully saturated rings. The molecule has 1 aliphatic carbocycles. The van der Waals surface area contributed by atoms with Gasteiger partial charge in [0.1, 0.15) is 0 Å². The van der Waals surface area contributed by atoms with Gasteiger partial charge in [-0.1, -0.05) is 6.42 Å². The van der Waals surface area contributed by atoms with Gasteiger partial charge in [0.25, 0.3) is 0 Å². The molecular formula is C14H24N2O3. The summed E-state index contributed by atoms with van der Waals surface area (Å²) < 4.78 is 0. The van der Waals surface area contributed by atoms with E-state index in [1.54, 1.807) is 0 Å². The molecule has 108 valence electrons. The second-order valence-corrected chi connectivity index (χ2v) is 6.42. The summed E-state index contributed by atoms with van der Waals surface area (Å²) in [5.41, 5.74) is -0.0784. The SMILES string of the molecule is CC1(C)CCCN1C(=O)NC1CCCC(C(=O)O)C1. The highest BCUT2D eigenvalue weighted by molar-refractivity contribution is 5.76. The molecule has 1 heterocycles. The Morgan fingerprint density at radius 2 is 2.00 bits per heavy atom. The minimum Gasteiger partial charge on any atom is -0.481 e. The zero-order valence-electron chi connectivity index (χ0n) is 11.8. The zero-order chi connectivity index (χ0) is 14.0. The maximum Gasteiger partial charge on any atom is 0.318 e. The fourth-order valence-corrected chi connectivity index (χ4v) is 3.28. The minimum atomic E-state index is -0.736. The first-order valence-corrected chi connectivity index (χ1v) is 7.21. The van der Waals surface area contributed by atoms with Gasteiger partial charge >= 0.3 is 12.0 Å². The van der Waals surface area contributed by atoms with Crippen molar-refractivity contribution in [2.75, 3.05) is 6.54 Å². The van der Waals surface area contributed by atoms with Gasteiger partial charge in [0.15, 0.2) is 0 Å². The number of carboxylic acid groups (broad SMARTS) is 1. The molecule has 1 saturated carbocycles. The maximum absolute atomic E-state index is 12.3. The first-order chi connectivity index (χ1) is 8.90. The molecule has 0 aromatic heterocycles. The second-order valence-electron chi connectivity index (χ2n) is 6.42. The Kier molecular flexibility index (Phi) is 4.02. The molecule has 0 aromatic rings. The lowest BCUT2D eigenvalue weighted by Crippen LogP contribution is -2.51. The molecule has 19 heavy (non-hydrogen) atoms. The summed E-state index contributed by atoms with van der Waals surface area (Å²) in [4.78, 5) is 25.2. The Morgan fingerprint density at radius 3 is 2.58 bits per heavy atom. The maximum atomic E-state index is 12.3. The zero-order valence-corrected chi connectivity index (χ0v) is 11.8. The topological polar surface area (TPSA) is 69.6 Å².